The van der Waals surface area contributed by atoms with Gasteiger partial charge in [0.05, 0.1) is 24.7 Å². The van der Waals surface area contributed by atoms with Crippen LogP contribution in [-0.2, 0) is 30.4 Å². The average molecular weight is 434 g/mol. The van der Waals surface area contributed by atoms with Gasteiger partial charge in [-0.1, -0.05) is 0 Å². The van der Waals surface area contributed by atoms with E-state index in [1.807, 2.05) is 0 Å². The number of anilines is 1. The van der Waals surface area contributed by atoms with Gasteiger partial charge >= 0.3 is 5.97 Å². The van der Waals surface area contributed by atoms with Crippen molar-refractivity contribution in [2.75, 3.05) is 25.1 Å². The van der Waals surface area contributed by atoms with Crippen LogP contribution in [-0.4, -0.2) is 30.7 Å². The topological polar surface area (TPSA) is 99.9 Å². The maximum absolute atomic E-state index is 12.4. The predicted octanol–water partition coefficient (Wildman–Crippen LogP) is 4.83. The van der Waals surface area contributed by atoms with Crippen LogP contribution in [0.25, 0.3) is 0 Å². The fraction of sp³-hybridized carbons (Fsp3) is 0.438. The number of nitro groups is 1. The second-order valence-corrected chi connectivity index (χ2v) is 11.1. The Morgan fingerprint density at radius 3 is 2.19 bits per heavy atom. The Hall–Kier alpha value is -1.45. The van der Waals surface area contributed by atoms with Crippen molar-refractivity contribution in [1.82, 2.24) is 0 Å². The van der Waals surface area contributed by atoms with Gasteiger partial charge in [-0.15, -0.1) is 0 Å². The molecule has 1 rings (SSSR count). The number of non-ortho nitro benzene ring substituents is 1. The molecule has 11 heteroatoms. The van der Waals surface area contributed by atoms with Crippen LogP contribution in [0.1, 0.15) is 27.7 Å². The molecule has 0 aliphatic heterocycles. The van der Waals surface area contributed by atoms with Gasteiger partial charge in [0.2, 0.25) is 0 Å². The Morgan fingerprint density at radius 1 is 1.19 bits per heavy atom. The number of hydrogen-bond acceptors (Lipinski definition) is 9. The standard InChI is InChI=1S/C16H23N2O6PS2/c1-5-22-16(19)15(27-25(26,23-6-2)24-7-3)12(4)17-13-8-10-14(11-9-13)18(20)21/h8-11,17H,5-7H2,1-4H3/b15-12+. The number of carbonyl (C=O) groups excluding carboxylic acids is 1. The molecule has 0 aromatic heterocycles. The van der Waals surface area contributed by atoms with E-state index in [2.05, 4.69) is 5.32 Å². The van der Waals surface area contributed by atoms with Crippen LogP contribution in [0.5, 0.6) is 0 Å². The number of nitrogens with one attached hydrogen (secondary N) is 1. The van der Waals surface area contributed by atoms with E-state index in [4.69, 9.17) is 25.6 Å². The highest BCUT2D eigenvalue weighted by Crippen LogP contribution is 2.64. The first kappa shape index (κ1) is 23.6. The molecule has 0 amide bonds. The van der Waals surface area contributed by atoms with E-state index >= 15 is 0 Å². The summed E-state index contributed by atoms with van der Waals surface area (Å²) in [4.78, 5) is 23.0. The molecular formula is C16H23N2O6PS2. The third-order valence-electron chi connectivity index (χ3n) is 2.99. The molecule has 0 fully saturated rings. The van der Waals surface area contributed by atoms with E-state index in [9.17, 15) is 14.9 Å². The third kappa shape index (κ3) is 7.59. The van der Waals surface area contributed by atoms with E-state index in [0.717, 1.165) is 11.4 Å². The number of esters is 1. The van der Waals surface area contributed by atoms with Crippen molar-refractivity contribution in [3.05, 3.63) is 45.0 Å². The molecular weight excluding hydrogens is 411 g/mol. The number of benzene rings is 1. The molecule has 0 aliphatic carbocycles. The van der Waals surface area contributed by atoms with Gasteiger partial charge in [-0.25, -0.2) is 4.79 Å². The van der Waals surface area contributed by atoms with Crippen LogP contribution < -0.4 is 5.32 Å². The van der Waals surface area contributed by atoms with Crippen molar-refractivity contribution < 1.29 is 23.5 Å². The highest BCUT2D eigenvalue weighted by atomic mass is 32.9. The number of nitro benzene ring substituents is 1. The summed E-state index contributed by atoms with van der Waals surface area (Å²) in [5, 5.41) is 13.8. The summed E-state index contributed by atoms with van der Waals surface area (Å²) in [6.07, 6.45) is 0. The molecule has 8 nitrogen and oxygen atoms in total. The summed E-state index contributed by atoms with van der Waals surface area (Å²) in [6, 6.07) is 5.85. The summed E-state index contributed by atoms with van der Waals surface area (Å²) >= 11 is 6.53. The fourth-order valence-corrected chi connectivity index (χ4v) is 6.83. The Kier molecular flexibility index (Phi) is 9.97. The average Bonchev–Trinajstić information content (AvgIpc) is 2.60. The zero-order valence-electron chi connectivity index (χ0n) is 15.6. The minimum atomic E-state index is -2.77. The van der Waals surface area contributed by atoms with Gasteiger partial charge in [0.15, 0.2) is 0 Å². The molecule has 0 aliphatic rings. The Morgan fingerprint density at radius 2 is 1.74 bits per heavy atom. The first-order chi connectivity index (χ1) is 12.8. The molecule has 150 valence electrons. The van der Waals surface area contributed by atoms with Crippen molar-refractivity contribution in [3.63, 3.8) is 0 Å². The Bertz CT molecular complexity index is 729. The van der Waals surface area contributed by atoms with E-state index in [1.54, 1.807) is 39.8 Å². The first-order valence-corrected chi connectivity index (χ1v) is 12.3. The summed E-state index contributed by atoms with van der Waals surface area (Å²) in [5.41, 5.74) is -1.72. The molecule has 0 saturated heterocycles. The van der Waals surface area contributed by atoms with Crippen molar-refractivity contribution in [1.29, 1.82) is 0 Å². The van der Waals surface area contributed by atoms with Crippen molar-refractivity contribution in [3.8, 4) is 0 Å². The Labute approximate surface area is 167 Å². The summed E-state index contributed by atoms with van der Waals surface area (Å²) < 4.78 is 16.3. The quantitative estimate of drug-likeness (QED) is 0.172. The maximum Gasteiger partial charge on any atom is 0.346 e. The summed E-state index contributed by atoms with van der Waals surface area (Å²) in [5.74, 6) is -0.539. The molecule has 0 spiro atoms. The molecule has 27 heavy (non-hydrogen) atoms. The lowest BCUT2D eigenvalue weighted by Crippen LogP contribution is -2.11. The second-order valence-electron chi connectivity index (χ2n) is 4.98. The van der Waals surface area contributed by atoms with Crippen LogP contribution in [0.2, 0.25) is 0 Å². The zero-order valence-corrected chi connectivity index (χ0v) is 18.1. The number of nitrogens with zero attached hydrogens (tertiary/aromatic N) is 1. The molecule has 1 aromatic rings. The van der Waals surface area contributed by atoms with Gasteiger partial charge in [-0.05, 0) is 63.0 Å². The Balaban J connectivity index is 3.16. The van der Waals surface area contributed by atoms with Crippen molar-refractivity contribution in [2.45, 2.75) is 27.7 Å². The van der Waals surface area contributed by atoms with Crippen LogP contribution in [0.3, 0.4) is 0 Å². The lowest BCUT2D eigenvalue weighted by atomic mass is 10.2. The van der Waals surface area contributed by atoms with Gasteiger partial charge in [0.1, 0.15) is 4.91 Å². The van der Waals surface area contributed by atoms with E-state index in [-0.39, 0.29) is 17.2 Å². The number of ether oxygens (including phenoxy) is 1. The molecule has 0 radical (unpaired) electrons. The zero-order chi connectivity index (χ0) is 20.4. The second kappa shape index (κ2) is 11.4. The molecule has 0 unspecified atom stereocenters. The molecule has 0 atom stereocenters. The monoisotopic (exact) mass is 434 g/mol. The minimum absolute atomic E-state index is 0.0228. The number of hydrogen-bond donors (Lipinski definition) is 1. The number of rotatable bonds is 11. The van der Waals surface area contributed by atoms with Gasteiger partial charge in [0.25, 0.3) is 11.4 Å². The molecule has 1 N–H and O–H groups in total. The van der Waals surface area contributed by atoms with Crippen LogP contribution >= 0.6 is 17.1 Å². The van der Waals surface area contributed by atoms with Crippen LogP contribution in [0, 0.1) is 10.1 Å². The van der Waals surface area contributed by atoms with Gasteiger partial charge < -0.3 is 19.1 Å². The summed E-state index contributed by atoms with van der Waals surface area (Å²) in [6.45, 7) is 7.93. The SMILES string of the molecule is CCOC(=O)/C(SP(=S)(OCC)OCC)=C(/C)Nc1ccc([N+](=O)[O-])cc1. The van der Waals surface area contributed by atoms with Crippen molar-refractivity contribution >= 4 is 46.2 Å². The summed E-state index contributed by atoms with van der Waals surface area (Å²) in [7, 11) is 0. The minimum Gasteiger partial charge on any atom is -0.462 e. The predicted molar refractivity (Wildman–Crippen MR) is 111 cm³/mol. The van der Waals surface area contributed by atoms with E-state index < -0.39 is 16.6 Å². The highest BCUT2D eigenvalue weighted by Gasteiger charge is 2.28. The number of carbonyl (C=O) groups is 1. The van der Waals surface area contributed by atoms with Crippen LogP contribution in [0.4, 0.5) is 11.4 Å². The van der Waals surface area contributed by atoms with Gasteiger partial charge in [-0.3, -0.25) is 10.1 Å². The van der Waals surface area contributed by atoms with Gasteiger partial charge in [-0.2, -0.15) is 0 Å². The van der Waals surface area contributed by atoms with E-state index in [1.165, 1.54) is 12.1 Å². The highest BCUT2D eigenvalue weighted by molar-refractivity contribution is 8.69. The molecule has 0 bridgehead atoms. The molecule has 0 saturated carbocycles. The van der Waals surface area contributed by atoms with Crippen molar-refractivity contribution in [2.24, 2.45) is 0 Å². The largest absolute Gasteiger partial charge is 0.462 e. The van der Waals surface area contributed by atoms with E-state index in [0.29, 0.717) is 24.6 Å². The fourth-order valence-electron chi connectivity index (χ4n) is 1.91. The lowest BCUT2D eigenvalue weighted by Gasteiger charge is -2.22. The van der Waals surface area contributed by atoms with Gasteiger partial charge in [0, 0.05) is 23.5 Å². The first-order valence-electron chi connectivity index (χ1n) is 8.24. The maximum atomic E-state index is 12.4. The van der Waals surface area contributed by atoms with Crippen LogP contribution in [0.15, 0.2) is 34.9 Å². The lowest BCUT2D eigenvalue weighted by molar-refractivity contribution is -0.384. The smallest absolute Gasteiger partial charge is 0.346 e. The normalized spacial score (nSPS) is 12.3. The number of allylic oxidation sites excluding steroid dienone is 1. The third-order valence-corrected chi connectivity index (χ3v) is 8.17. The molecule has 0 heterocycles. The molecule has 1 aromatic carbocycles.